The number of likely N-dealkylation sites (tertiary alicyclic amines) is 1. The Morgan fingerprint density at radius 1 is 0.939 bits per heavy atom. The van der Waals surface area contributed by atoms with Gasteiger partial charge in [0.25, 0.3) is 0 Å². The molecule has 1 heterocycles. The van der Waals surface area contributed by atoms with E-state index in [9.17, 15) is 14.0 Å². The Bertz CT molecular complexity index is 1150. The molecule has 4 rings (SSSR count). The standard InChI is InChI=1S/C27H24ClF3N2/c1-27(2,31)25(20-11-23(29)13-24(30)12-20)21-15-33(16-21)26(18-6-8-22(28)9-7-18)19-5-3-4-17(10-19)14-32/h3-13,21,25-26H,15-16H2,1-2H3/t25-,26?/m0/s1. The lowest BCUT2D eigenvalue weighted by Gasteiger charge is -2.50. The first kappa shape index (κ1) is 23.4. The topological polar surface area (TPSA) is 27.0 Å². The van der Waals surface area contributed by atoms with Crippen LogP contribution in [0.1, 0.15) is 48.1 Å². The summed E-state index contributed by atoms with van der Waals surface area (Å²) in [5.74, 6) is -2.19. The summed E-state index contributed by atoms with van der Waals surface area (Å²) in [7, 11) is 0. The monoisotopic (exact) mass is 468 g/mol. The Labute approximate surface area is 197 Å². The highest BCUT2D eigenvalue weighted by atomic mass is 35.5. The van der Waals surface area contributed by atoms with Crippen LogP contribution in [-0.4, -0.2) is 23.7 Å². The van der Waals surface area contributed by atoms with Crippen LogP contribution in [0.5, 0.6) is 0 Å². The summed E-state index contributed by atoms with van der Waals surface area (Å²) in [6.45, 7) is 3.99. The first-order valence-corrected chi connectivity index (χ1v) is 11.2. The lowest BCUT2D eigenvalue weighted by Crippen LogP contribution is -2.53. The van der Waals surface area contributed by atoms with Gasteiger partial charge in [0.2, 0.25) is 0 Å². The largest absolute Gasteiger partial charge is 0.292 e. The second kappa shape index (κ2) is 9.21. The Hall–Kier alpha value is -2.81. The van der Waals surface area contributed by atoms with Gasteiger partial charge in [0, 0.05) is 30.1 Å². The van der Waals surface area contributed by atoms with E-state index in [-0.39, 0.29) is 12.0 Å². The van der Waals surface area contributed by atoms with E-state index in [0.29, 0.717) is 29.2 Å². The van der Waals surface area contributed by atoms with Crippen molar-refractivity contribution in [2.24, 2.45) is 5.92 Å². The summed E-state index contributed by atoms with van der Waals surface area (Å²) in [6.07, 6.45) is 0. The molecule has 3 aromatic rings. The van der Waals surface area contributed by atoms with Crippen molar-refractivity contribution in [1.82, 2.24) is 4.90 Å². The molecule has 170 valence electrons. The van der Waals surface area contributed by atoms with E-state index in [0.717, 1.165) is 17.2 Å². The zero-order valence-corrected chi connectivity index (χ0v) is 19.2. The van der Waals surface area contributed by atoms with Gasteiger partial charge in [0.05, 0.1) is 17.7 Å². The molecule has 1 fully saturated rings. The highest BCUT2D eigenvalue weighted by Crippen LogP contribution is 2.45. The molecule has 1 saturated heterocycles. The SMILES string of the molecule is CC(C)(F)[C@@H](c1cc(F)cc(F)c1)C1CN(C(c2ccc(Cl)cc2)c2cccc(C#N)c2)C1. The van der Waals surface area contributed by atoms with Gasteiger partial charge in [0.15, 0.2) is 0 Å². The number of benzene rings is 3. The molecule has 1 aliphatic heterocycles. The van der Waals surface area contributed by atoms with Crippen molar-refractivity contribution in [2.45, 2.75) is 31.5 Å². The third kappa shape index (κ3) is 5.08. The van der Waals surface area contributed by atoms with Crippen LogP contribution in [-0.2, 0) is 0 Å². The van der Waals surface area contributed by atoms with Gasteiger partial charge < -0.3 is 0 Å². The molecule has 0 radical (unpaired) electrons. The summed E-state index contributed by atoms with van der Waals surface area (Å²) in [5.41, 5.74) is 1.18. The molecule has 0 spiro atoms. The van der Waals surface area contributed by atoms with Gasteiger partial charge in [-0.05, 0) is 72.9 Å². The first-order chi connectivity index (χ1) is 15.7. The van der Waals surface area contributed by atoms with Crippen LogP contribution in [0.3, 0.4) is 0 Å². The summed E-state index contributed by atoms with van der Waals surface area (Å²) in [6, 6.07) is 20.2. The molecule has 33 heavy (non-hydrogen) atoms. The average molecular weight is 469 g/mol. The minimum atomic E-state index is -1.66. The van der Waals surface area contributed by atoms with Crippen LogP contribution in [0, 0.1) is 28.9 Å². The molecule has 3 aromatic carbocycles. The third-order valence-electron chi connectivity index (χ3n) is 6.28. The quantitative estimate of drug-likeness (QED) is 0.388. The average Bonchev–Trinajstić information content (AvgIpc) is 2.72. The van der Waals surface area contributed by atoms with Crippen molar-refractivity contribution in [2.75, 3.05) is 13.1 Å². The highest BCUT2D eigenvalue weighted by Gasteiger charge is 2.45. The summed E-state index contributed by atoms with van der Waals surface area (Å²) in [5, 5.41) is 9.97. The fourth-order valence-corrected chi connectivity index (χ4v) is 5.12. The number of nitriles is 1. The Kier molecular flexibility index (Phi) is 6.52. The van der Waals surface area contributed by atoms with Crippen LogP contribution in [0.2, 0.25) is 5.02 Å². The van der Waals surface area contributed by atoms with Gasteiger partial charge in [-0.1, -0.05) is 35.9 Å². The van der Waals surface area contributed by atoms with Crippen LogP contribution in [0.4, 0.5) is 13.2 Å². The summed E-state index contributed by atoms with van der Waals surface area (Å²) >= 11 is 6.09. The smallest absolute Gasteiger partial charge is 0.126 e. The van der Waals surface area contributed by atoms with E-state index in [4.69, 9.17) is 11.6 Å². The number of alkyl halides is 1. The molecule has 0 amide bonds. The number of nitrogens with zero attached hydrogens (tertiary/aromatic N) is 2. The van der Waals surface area contributed by atoms with E-state index in [2.05, 4.69) is 11.0 Å². The predicted molar refractivity (Wildman–Crippen MR) is 124 cm³/mol. The van der Waals surface area contributed by atoms with Crippen molar-refractivity contribution >= 4 is 11.6 Å². The second-order valence-corrected chi connectivity index (χ2v) is 9.59. The Balaban J connectivity index is 1.65. The van der Waals surface area contributed by atoms with Crippen LogP contribution < -0.4 is 0 Å². The number of hydrogen-bond acceptors (Lipinski definition) is 2. The molecular weight excluding hydrogens is 445 g/mol. The number of hydrogen-bond donors (Lipinski definition) is 0. The van der Waals surface area contributed by atoms with Gasteiger partial charge in [-0.15, -0.1) is 0 Å². The molecule has 0 bridgehead atoms. The zero-order valence-electron chi connectivity index (χ0n) is 18.4. The van der Waals surface area contributed by atoms with Gasteiger partial charge in [-0.25, -0.2) is 13.2 Å². The van der Waals surface area contributed by atoms with Crippen LogP contribution >= 0.6 is 11.6 Å². The lowest BCUT2D eigenvalue weighted by atomic mass is 9.72. The summed E-state index contributed by atoms with van der Waals surface area (Å²) in [4.78, 5) is 2.19. The van der Waals surface area contributed by atoms with Gasteiger partial charge >= 0.3 is 0 Å². The number of rotatable bonds is 6. The molecule has 2 atom stereocenters. The van der Waals surface area contributed by atoms with Crippen molar-refractivity contribution < 1.29 is 13.2 Å². The van der Waals surface area contributed by atoms with Crippen molar-refractivity contribution in [1.29, 1.82) is 5.26 Å². The van der Waals surface area contributed by atoms with E-state index in [1.807, 2.05) is 42.5 Å². The Morgan fingerprint density at radius 2 is 1.58 bits per heavy atom. The van der Waals surface area contributed by atoms with Gasteiger partial charge in [0.1, 0.15) is 17.3 Å². The molecule has 1 aliphatic rings. The third-order valence-corrected chi connectivity index (χ3v) is 6.53. The molecule has 0 N–H and O–H groups in total. The van der Waals surface area contributed by atoms with Crippen LogP contribution in [0.25, 0.3) is 0 Å². The fourth-order valence-electron chi connectivity index (χ4n) is 4.99. The fraction of sp³-hybridized carbons (Fsp3) is 0.296. The maximum atomic E-state index is 15.3. The maximum absolute atomic E-state index is 15.3. The highest BCUT2D eigenvalue weighted by molar-refractivity contribution is 6.30. The normalized spacial score (nSPS) is 16.6. The van der Waals surface area contributed by atoms with E-state index >= 15 is 4.39 Å². The zero-order chi connectivity index (χ0) is 23.8. The first-order valence-electron chi connectivity index (χ1n) is 10.8. The Morgan fingerprint density at radius 3 is 2.15 bits per heavy atom. The number of halogens is 4. The molecule has 0 aliphatic carbocycles. The van der Waals surface area contributed by atoms with Crippen molar-refractivity contribution in [3.63, 3.8) is 0 Å². The minimum absolute atomic E-state index is 0.125. The minimum Gasteiger partial charge on any atom is -0.292 e. The van der Waals surface area contributed by atoms with E-state index in [1.165, 1.54) is 26.0 Å². The van der Waals surface area contributed by atoms with E-state index < -0.39 is 23.2 Å². The van der Waals surface area contributed by atoms with Crippen molar-refractivity contribution in [3.8, 4) is 6.07 Å². The van der Waals surface area contributed by atoms with Gasteiger partial charge in [-0.3, -0.25) is 4.90 Å². The summed E-state index contributed by atoms with van der Waals surface area (Å²) < 4.78 is 43.1. The predicted octanol–water partition coefficient (Wildman–Crippen LogP) is 7.04. The van der Waals surface area contributed by atoms with Crippen molar-refractivity contribution in [3.05, 3.63) is 106 Å². The maximum Gasteiger partial charge on any atom is 0.126 e. The molecule has 0 aromatic heterocycles. The molecule has 6 heteroatoms. The van der Waals surface area contributed by atoms with E-state index in [1.54, 1.807) is 6.07 Å². The molecule has 0 saturated carbocycles. The van der Waals surface area contributed by atoms with Crippen LogP contribution in [0.15, 0.2) is 66.7 Å². The molecular formula is C27H24ClF3N2. The molecule has 2 nitrogen and oxygen atoms in total. The molecule has 1 unspecified atom stereocenters. The van der Waals surface area contributed by atoms with Gasteiger partial charge in [-0.2, -0.15) is 5.26 Å². The second-order valence-electron chi connectivity index (χ2n) is 9.15. The lowest BCUT2D eigenvalue weighted by molar-refractivity contribution is 0.00804.